The third kappa shape index (κ3) is 4.76. The van der Waals surface area contributed by atoms with E-state index in [1.54, 1.807) is 0 Å². The van der Waals surface area contributed by atoms with Crippen LogP contribution in [-0.2, 0) is 4.74 Å². The quantitative estimate of drug-likeness (QED) is 0.622. The minimum atomic E-state index is 0.235. The van der Waals surface area contributed by atoms with Gasteiger partial charge in [-0.3, -0.25) is 9.89 Å². The summed E-state index contributed by atoms with van der Waals surface area (Å²) in [6, 6.07) is 0.654. The minimum Gasteiger partial charge on any atom is -0.379 e. The van der Waals surface area contributed by atoms with Crippen LogP contribution in [0.3, 0.4) is 0 Å². The Balaban J connectivity index is 1.83. The van der Waals surface area contributed by atoms with Crippen molar-refractivity contribution in [2.24, 2.45) is 4.99 Å². The predicted octanol–water partition coefficient (Wildman–Crippen LogP) is 1.11. The summed E-state index contributed by atoms with van der Waals surface area (Å²) in [5.41, 5.74) is 0. The Morgan fingerprint density at radius 2 is 2.05 bits per heavy atom. The van der Waals surface area contributed by atoms with E-state index in [4.69, 9.17) is 4.74 Å². The molecule has 2 aliphatic heterocycles. The van der Waals surface area contributed by atoms with E-state index in [0.29, 0.717) is 6.04 Å². The molecule has 122 valence electrons. The van der Waals surface area contributed by atoms with Gasteiger partial charge in [0.15, 0.2) is 5.96 Å². The van der Waals surface area contributed by atoms with Crippen LogP contribution in [0, 0.1) is 0 Å². The average Bonchev–Trinajstić information content (AvgIpc) is 2.98. The molecule has 0 spiro atoms. The smallest absolute Gasteiger partial charge is 0.193 e. The first-order chi connectivity index (χ1) is 10.1. The van der Waals surface area contributed by atoms with Crippen LogP contribution in [-0.4, -0.2) is 85.8 Å². The van der Waals surface area contributed by atoms with Crippen LogP contribution >= 0.6 is 11.8 Å². The summed E-state index contributed by atoms with van der Waals surface area (Å²) in [6.07, 6.45) is 3.39. The molecular weight excluding hydrogens is 284 g/mol. The number of rotatable bonds is 4. The van der Waals surface area contributed by atoms with Crippen molar-refractivity contribution >= 4 is 17.7 Å². The number of morpholine rings is 1. The Morgan fingerprint density at radius 3 is 2.67 bits per heavy atom. The van der Waals surface area contributed by atoms with Gasteiger partial charge in [-0.15, -0.1) is 0 Å². The summed E-state index contributed by atoms with van der Waals surface area (Å²) in [7, 11) is 1.89. The molecule has 2 aliphatic rings. The van der Waals surface area contributed by atoms with Gasteiger partial charge >= 0.3 is 0 Å². The number of nitrogens with zero attached hydrogens (tertiary/aromatic N) is 3. The van der Waals surface area contributed by atoms with Crippen LogP contribution in [0.15, 0.2) is 4.99 Å². The Morgan fingerprint density at radius 1 is 1.33 bits per heavy atom. The van der Waals surface area contributed by atoms with Crippen LogP contribution < -0.4 is 5.32 Å². The third-order valence-corrected chi connectivity index (χ3v) is 5.71. The van der Waals surface area contributed by atoms with Crippen molar-refractivity contribution in [3.05, 3.63) is 0 Å². The number of hydrogen-bond acceptors (Lipinski definition) is 4. The van der Waals surface area contributed by atoms with Crippen molar-refractivity contribution in [1.82, 2.24) is 15.1 Å². The second kappa shape index (κ2) is 7.70. The average molecular weight is 314 g/mol. The van der Waals surface area contributed by atoms with E-state index >= 15 is 0 Å². The second-order valence-electron chi connectivity index (χ2n) is 6.40. The maximum Gasteiger partial charge on any atom is 0.193 e. The van der Waals surface area contributed by atoms with Crippen molar-refractivity contribution in [1.29, 1.82) is 0 Å². The van der Waals surface area contributed by atoms with Crippen LogP contribution in [0.1, 0.15) is 20.3 Å². The lowest BCUT2D eigenvalue weighted by Gasteiger charge is -2.32. The zero-order valence-electron chi connectivity index (χ0n) is 13.9. The fraction of sp³-hybridized carbons (Fsp3) is 0.933. The summed E-state index contributed by atoms with van der Waals surface area (Å²) in [5.74, 6) is 1.05. The normalized spacial score (nSPS) is 25.4. The summed E-state index contributed by atoms with van der Waals surface area (Å²) >= 11 is 1.89. The van der Waals surface area contributed by atoms with Crippen molar-refractivity contribution in [3.63, 3.8) is 0 Å². The first-order valence-electron chi connectivity index (χ1n) is 7.88. The van der Waals surface area contributed by atoms with Gasteiger partial charge < -0.3 is 15.0 Å². The molecule has 2 fully saturated rings. The highest BCUT2D eigenvalue weighted by atomic mass is 32.2. The zero-order valence-corrected chi connectivity index (χ0v) is 14.7. The maximum absolute atomic E-state index is 5.45. The van der Waals surface area contributed by atoms with Crippen molar-refractivity contribution in [3.8, 4) is 0 Å². The molecule has 2 heterocycles. The lowest BCUT2D eigenvalue weighted by molar-refractivity contribution is 0.0195. The Kier molecular flexibility index (Phi) is 6.20. The number of guanidine groups is 1. The molecule has 0 aromatic carbocycles. The molecule has 5 nitrogen and oxygen atoms in total. The van der Waals surface area contributed by atoms with Gasteiger partial charge in [0.25, 0.3) is 0 Å². The molecule has 0 amide bonds. The molecule has 6 heteroatoms. The van der Waals surface area contributed by atoms with Gasteiger partial charge in [0, 0.05) is 50.6 Å². The molecular formula is C15H30N4OS. The van der Waals surface area contributed by atoms with Gasteiger partial charge in [-0.1, -0.05) is 0 Å². The van der Waals surface area contributed by atoms with Gasteiger partial charge in [0.05, 0.1) is 13.2 Å². The second-order valence-corrected chi connectivity index (χ2v) is 7.91. The van der Waals surface area contributed by atoms with Crippen molar-refractivity contribution < 1.29 is 4.74 Å². The lowest BCUT2D eigenvalue weighted by Crippen LogP contribution is -2.48. The molecule has 0 radical (unpaired) electrons. The fourth-order valence-corrected chi connectivity index (χ4v) is 3.09. The van der Waals surface area contributed by atoms with Gasteiger partial charge in [0.2, 0.25) is 0 Å². The van der Waals surface area contributed by atoms with E-state index in [0.717, 1.165) is 51.9 Å². The topological polar surface area (TPSA) is 40.1 Å². The molecule has 0 bridgehead atoms. The number of nitrogens with one attached hydrogen (secondary N) is 1. The third-order valence-electron chi connectivity index (χ3n) is 4.46. The number of thioether (sulfide) groups is 1. The number of aliphatic imine (C=N–C) groups is 1. The molecule has 1 N–H and O–H groups in total. The highest BCUT2D eigenvalue weighted by Gasteiger charge is 2.30. The van der Waals surface area contributed by atoms with Gasteiger partial charge in [-0.25, -0.2) is 0 Å². The Bertz CT molecular complexity index is 356. The van der Waals surface area contributed by atoms with Crippen LogP contribution in [0.4, 0.5) is 0 Å². The predicted molar refractivity (Wildman–Crippen MR) is 91.3 cm³/mol. The molecule has 2 saturated heterocycles. The van der Waals surface area contributed by atoms with Crippen LogP contribution in [0.5, 0.6) is 0 Å². The van der Waals surface area contributed by atoms with E-state index in [9.17, 15) is 0 Å². The largest absolute Gasteiger partial charge is 0.379 e. The first-order valence-corrected chi connectivity index (χ1v) is 9.11. The highest BCUT2D eigenvalue weighted by molar-refractivity contribution is 7.99. The number of hydrogen-bond donors (Lipinski definition) is 1. The molecule has 1 unspecified atom stereocenters. The minimum absolute atomic E-state index is 0.235. The standard InChI is InChI=1S/C15H30N4OS/c1-15(2,21-4)12-17-14(16-3)19-6-5-13(11-19)18-7-9-20-10-8-18/h13H,5-12H2,1-4H3,(H,16,17). The number of likely N-dealkylation sites (tertiary alicyclic amines) is 1. The van der Waals surface area contributed by atoms with Crippen LogP contribution in [0.25, 0.3) is 0 Å². The highest BCUT2D eigenvalue weighted by Crippen LogP contribution is 2.20. The Hall–Kier alpha value is -0.460. The van der Waals surface area contributed by atoms with E-state index < -0.39 is 0 Å². The molecule has 0 aromatic rings. The first kappa shape index (κ1) is 16.9. The fourth-order valence-electron chi connectivity index (χ4n) is 2.87. The zero-order chi connectivity index (χ0) is 15.3. The maximum atomic E-state index is 5.45. The SMILES string of the molecule is CN=C(NCC(C)(C)SC)N1CCC(N2CCOCC2)C1. The molecule has 0 aromatic heterocycles. The Labute approximate surface area is 133 Å². The van der Waals surface area contributed by atoms with Gasteiger partial charge in [0.1, 0.15) is 0 Å². The number of ether oxygens (including phenoxy) is 1. The summed E-state index contributed by atoms with van der Waals surface area (Å²) in [5, 5.41) is 3.54. The summed E-state index contributed by atoms with van der Waals surface area (Å²) in [4.78, 5) is 9.44. The van der Waals surface area contributed by atoms with Gasteiger partial charge in [-0.2, -0.15) is 11.8 Å². The van der Waals surface area contributed by atoms with E-state index in [-0.39, 0.29) is 4.75 Å². The lowest BCUT2D eigenvalue weighted by atomic mass is 10.2. The molecule has 21 heavy (non-hydrogen) atoms. The van der Waals surface area contributed by atoms with Crippen LogP contribution in [0.2, 0.25) is 0 Å². The summed E-state index contributed by atoms with van der Waals surface area (Å²) in [6.45, 7) is 11.6. The van der Waals surface area contributed by atoms with Crippen molar-refractivity contribution in [2.45, 2.75) is 31.1 Å². The molecule has 0 saturated carbocycles. The van der Waals surface area contributed by atoms with Gasteiger partial charge in [-0.05, 0) is 26.5 Å². The molecule has 0 aliphatic carbocycles. The van der Waals surface area contributed by atoms with E-state index in [2.05, 4.69) is 40.2 Å². The monoisotopic (exact) mass is 314 g/mol. The summed E-state index contributed by atoms with van der Waals surface area (Å²) < 4.78 is 5.68. The van der Waals surface area contributed by atoms with E-state index in [1.807, 2.05) is 18.8 Å². The van der Waals surface area contributed by atoms with E-state index in [1.165, 1.54) is 6.42 Å². The molecule has 2 rings (SSSR count). The molecule has 1 atom stereocenters. The van der Waals surface area contributed by atoms with Crippen molar-refractivity contribution in [2.75, 3.05) is 59.2 Å².